The largest absolute Gasteiger partial charge is 0.458 e. The van der Waals surface area contributed by atoms with Crippen LogP contribution >= 0.6 is 0 Å². The summed E-state index contributed by atoms with van der Waals surface area (Å²) in [6.45, 7) is 2.50. The summed E-state index contributed by atoms with van der Waals surface area (Å²) in [7, 11) is 0. The summed E-state index contributed by atoms with van der Waals surface area (Å²) in [5.41, 5.74) is -1.69. The molecule has 0 saturated heterocycles. The molecule has 0 radical (unpaired) electrons. The Labute approximate surface area is 242 Å². The Morgan fingerprint density at radius 3 is 2.61 bits per heavy atom. The lowest BCUT2D eigenvalue weighted by atomic mass is 9.82. The summed E-state index contributed by atoms with van der Waals surface area (Å²) in [5, 5.41) is 35.0. The monoisotopic (exact) mass is 574 g/mol. The normalized spacial score (nSPS) is 21.2. The average molecular weight is 575 g/mol. The van der Waals surface area contributed by atoms with E-state index in [1.807, 2.05) is 49.4 Å². The summed E-state index contributed by atoms with van der Waals surface area (Å²) in [4.78, 5) is 38.7. The van der Waals surface area contributed by atoms with Crippen molar-refractivity contribution in [3.05, 3.63) is 70.3 Å². The molecule has 41 heavy (non-hydrogen) atoms. The quantitative estimate of drug-likeness (QED) is 0.0664. The number of rotatable bonds is 20. The molecule has 0 bridgehead atoms. The van der Waals surface area contributed by atoms with Crippen LogP contribution in [0.4, 0.5) is 0 Å². The minimum absolute atomic E-state index is 0.00270. The summed E-state index contributed by atoms with van der Waals surface area (Å²) in [5.74, 6) is -0.355. The Kier molecular flexibility index (Phi) is 15.1. The average Bonchev–Trinajstić information content (AvgIpc) is 3.24. The molecule has 1 aromatic carbocycles. The number of benzene rings is 1. The number of nitrogens with zero attached hydrogens (tertiary/aromatic N) is 1. The Balaban J connectivity index is 1.96. The smallest absolute Gasteiger partial charge is 0.306 e. The molecule has 1 amide bonds. The van der Waals surface area contributed by atoms with E-state index in [2.05, 4.69) is 10.2 Å². The van der Waals surface area contributed by atoms with Gasteiger partial charge in [0.1, 0.15) is 17.3 Å². The zero-order valence-electron chi connectivity index (χ0n) is 24.2. The van der Waals surface area contributed by atoms with Crippen LogP contribution in [-0.2, 0) is 25.6 Å². The van der Waals surface area contributed by atoms with Crippen LogP contribution in [0.25, 0.3) is 0 Å². The van der Waals surface area contributed by atoms with Gasteiger partial charge in [-0.3, -0.25) is 9.59 Å². The highest BCUT2D eigenvalue weighted by Gasteiger charge is 2.50. The lowest BCUT2D eigenvalue weighted by Crippen LogP contribution is -2.48. The van der Waals surface area contributed by atoms with Crippen LogP contribution in [0.3, 0.4) is 0 Å². The Bertz CT molecular complexity index is 999. The van der Waals surface area contributed by atoms with Crippen LogP contribution in [0.2, 0.25) is 0 Å². The topological polar surface area (TPSA) is 148 Å². The van der Waals surface area contributed by atoms with Crippen molar-refractivity contribution in [2.24, 2.45) is 0 Å². The van der Waals surface area contributed by atoms with Crippen molar-refractivity contribution in [1.82, 2.24) is 5.32 Å². The molecular formula is C31H46N2O8. The standard InChI is InChI=1S/C31H46N2O8/c1-2-32-28(34)16-9-3-4-11-21-30(36)22-13-23-31(30,37)24-20-27(19-18-26-14-7-5-8-15-26)41-29(35)17-10-6-12-25-40-33(38)39/h4-5,7-8,11,14-15,20,24,27,36-37H,2-3,6,9-10,12-13,16-19,21-23,25H2,1H3,(H,32,34)/b11-4-,24-20+/t27-,30+,31-/m0/s1. The molecule has 0 aromatic heterocycles. The number of carbonyl (C=O) groups is 2. The van der Waals surface area contributed by atoms with Gasteiger partial charge in [-0.25, -0.2) is 0 Å². The van der Waals surface area contributed by atoms with E-state index >= 15 is 0 Å². The third-order valence-electron chi connectivity index (χ3n) is 7.38. The maximum atomic E-state index is 12.6. The van der Waals surface area contributed by atoms with Crippen molar-refractivity contribution in [2.45, 2.75) is 108 Å². The van der Waals surface area contributed by atoms with Crippen molar-refractivity contribution in [1.29, 1.82) is 0 Å². The van der Waals surface area contributed by atoms with Crippen LogP contribution in [0.15, 0.2) is 54.6 Å². The third kappa shape index (κ3) is 12.9. The number of aryl methyl sites for hydroxylation is 1. The van der Waals surface area contributed by atoms with Gasteiger partial charge < -0.3 is 25.1 Å². The minimum atomic E-state index is -1.45. The predicted octanol–water partition coefficient (Wildman–Crippen LogP) is 4.75. The zero-order valence-corrected chi connectivity index (χ0v) is 24.2. The zero-order chi connectivity index (χ0) is 30.0. The molecule has 10 heteroatoms. The van der Waals surface area contributed by atoms with E-state index in [0.717, 1.165) is 5.56 Å². The number of esters is 1. The molecule has 3 atom stereocenters. The van der Waals surface area contributed by atoms with Crippen molar-refractivity contribution >= 4 is 11.9 Å². The highest BCUT2D eigenvalue weighted by molar-refractivity contribution is 5.75. The van der Waals surface area contributed by atoms with E-state index in [1.165, 1.54) is 0 Å². The number of hydrogen-bond acceptors (Lipinski definition) is 8. The molecule has 1 fully saturated rings. The maximum Gasteiger partial charge on any atom is 0.306 e. The number of aliphatic hydroxyl groups is 2. The second kappa shape index (κ2) is 18.2. The fourth-order valence-corrected chi connectivity index (χ4v) is 5.01. The van der Waals surface area contributed by atoms with Gasteiger partial charge in [-0.1, -0.05) is 55.0 Å². The van der Waals surface area contributed by atoms with Gasteiger partial charge in [0.2, 0.25) is 5.91 Å². The molecular weight excluding hydrogens is 528 g/mol. The van der Waals surface area contributed by atoms with Crippen LogP contribution in [0, 0.1) is 10.1 Å². The lowest BCUT2D eigenvalue weighted by molar-refractivity contribution is -0.757. The van der Waals surface area contributed by atoms with Crippen LogP contribution in [0.5, 0.6) is 0 Å². The first-order valence-corrected chi connectivity index (χ1v) is 14.7. The number of unbranched alkanes of at least 4 members (excludes halogenated alkanes) is 3. The van der Waals surface area contributed by atoms with Gasteiger partial charge in [-0.2, -0.15) is 0 Å². The molecule has 1 aliphatic carbocycles. The van der Waals surface area contributed by atoms with Gasteiger partial charge in [-0.15, -0.1) is 10.1 Å². The molecule has 0 spiro atoms. The van der Waals surface area contributed by atoms with Crippen LogP contribution < -0.4 is 5.32 Å². The summed E-state index contributed by atoms with van der Waals surface area (Å²) in [6.07, 6.45) is 13.1. The summed E-state index contributed by atoms with van der Waals surface area (Å²) in [6, 6.07) is 9.84. The molecule has 0 aliphatic heterocycles. The molecule has 0 heterocycles. The maximum absolute atomic E-state index is 12.6. The fraction of sp³-hybridized carbons (Fsp3) is 0.613. The van der Waals surface area contributed by atoms with Gasteiger partial charge in [0.25, 0.3) is 5.09 Å². The molecule has 10 nitrogen and oxygen atoms in total. The summed E-state index contributed by atoms with van der Waals surface area (Å²) >= 11 is 0. The Morgan fingerprint density at radius 2 is 1.88 bits per heavy atom. The van der Waals surface area contributed by atoms with Gasteiger partial charge in [0.15, 0.2) is 0 Å². The molecule has 228 valence electrons. The SMILES string of the molecule is CCNC(=O)CCC/C=C\C[C@@]1(O)CCC[C@]1(O)/C=C/[C@H](CCc1ccccc1)OC(=O)CCCCCO[N+](=O)[O-]. The molecule has 1 aromatic rings. The van der Waals surface area contributed by atoms with E-state index in [4.69, 9.17) is 4.74 Å². The highest BCUT2D eigenvalue weighted by Crippen LogP contribution is 2.43. The number of carbonyl (C=O) groups excluding carboxylic acids is 2. The van der Waals surface area contributed by atoms with E-state index in [1.54, 1.807) is 12.2 Å². The summed E-state index contributed by atoms with van der Waals surface area (Å²) < 4.78 is 5.75. The minimum Gasteiger partial charge on any atom is -0.458 e. The molecule has 1 saturated carbocycles. The first-order valence-electron chi connectivity index (χ1n) is 14.7. The predicted molar refractivity (Wildman–Crippen MR) is 155 cm³/mol. The van der Waals surface area contributed by atoms with Crippen molar-refractivity contribution in [2.75, 3.05) is 13.2 Å². The highest BCUT2D eigenvalue weighted by atomic mass is 16.9. The van der Waals surface area contributed by atoms with E-state index < -0.39 is 22.4 Å². The van der Waals surface area contributed by atoms with E-state index in [0.29, 0.717) is 77.2 Å². The number of nitrogens with one attached hydrogen (secondary N) is 1. The lowest BCUT2D eigenvalue weighted by Gasteiger charge is -2.35. The van der Waals surface area contributed by atoms with Gasteiger partial charge in [0.05, 0.1) is 6.61 Å². The number of hydrogen-bond donors (Lipinski definition) is 3. The van der Waals surface area contributed by atoms with Crippen LogP contribution in [-0.4, -0.2) is 57.6 Å². The second-order valence-electron chi connectivity index (χ2n) is 10.6. The van der Waals surface area contributed by atoms with E-state index in [-0.39, 0.29) is 31.3 Å². The number of amides is 1. The van der Waals surface area contributed by atoms with Gasteiger partial charge in [-0.05, 0) is 82.8 Å². The molecule has 0 unspecified atom stereocenters. The molecule has 2 rings (SSSR count). The van der Waals surface area contributed by atoms with Crippen LogP contribution in [0.1, 0.15) is 89.5 Å². The van der Waals surface area contributed by atoms with Crippen molar-refractivity contribution < 1.29 is 34.5 Å². The number of allylic oxidation sites excluding steroid dienone is 1. The van der Waals surface area contributed by atoms with E-state index in [9.17, 15) is 29.9 Å². The molecule has 3 N–H and O–H groups in total. The third-order valence-corrected chi connectivity index (χ3v) is 7.38. The Hall–Kier alpha value is -3.24. The first-order chi connectivity index (χ1) is 19.7. The first kappa shape index (κ1) is 34.0. The van der Waals surface area contributed by atoms with Crippen molar-refractivity contribution in [3.8, 4) is 0 Å². The van der Waals surface area contributed by atoms with Gasteiger partial charge >= 0.3 is 5.97 Å². The second-order valence-corrected chi connectivity index (χ2v) is 10.6. The fourth-order valence-electron chi connectivity index (χ4n) is 5.01. The molecule has 1 aliphatic rings. The van der Waals surface area contributed by atoms with Crippen molar-refractivity contribution in [3.63, 3.8) is 0 Å². The Morgan fingerprint density at radius 1 is 1.10 bits per heavy atom. The number of ether oxygens (including phenoxy) is 1. The van der Waals surface area contributed by atoms with Gasteiger partial charge in [0, 0.05) is 19.4 Å².